The standard InChI is InChI=1S/C19H23NO4/c1-12-10-14(6-8-17(12)23-4)19(21)20-13(2)16-11-15(22-3)7-9-18(16)24-5/h6-11,13H,1-5H3,(H,20,21). The molecule has 0 aliphatic carbocycles. The van der Waals surface area contributed by atoms with Crippen molar-refractivity contribution in [1.82, 2.24) is 5.32 Å². The highest BCUT2D eigenvalue weighted by molar-refractivity contribution is 5.94. The van der Waals surface area contributed by atoms with Crippen molar-refractivity contribution in [3.63, 3.8) is 0 Å². The van der Waals surface area contributed by atoms with Gasteiger partial charge in [0.15, 0.2) is 0 Å². The van der Waals surface area contributed by atoms with E-state index in [4.69, 9.17) is 14.2 Å². The predicted octanol–water partition coefficient (Wildman–Crippen LogP) is 3.51. The summed E-state index contributed by atoms with van der Waals surface area (Å²) in [5.41, 5.74) is 2.36. The van der Waals surface area contributed by atoms with Gasteiger partial charge in [-0.1, -0.05) is 0 Å². The van der Waals surface area contributed by atoms with Crippen LogP contribution in [0, 0.1) is 6.92 Å². The van der Waals surface area contributed by atoms with Gasteiger partial charge in [-0.25, -0.2) is 0 Å². The van der Waals surface area contributed by atoms with Crippen molar-refractivity contribution < 1.29 is 19.0 Å². The van der Waals surface area contributed by atoms with Gasteiger partial charge in [0, 0.05) is 11.1 Å². The zero-order chi connectivity index (χ0) is 17.7. The van der Waals surface area contributed by atoms with E-state index in [-0.39, 0.29) is 11.9 Å². The van der Waals surface area contributed by atoms with E-state index in [1.807, 2.05) is 38.1 Å². The lowest BCUT2D eigenvalue weighted by molar-refractivity contribution is 0.0939. The Kier molecular flexibility index (Phi) is 5.68. The summed E-state index contributed by atoms with van der Waals surface area (Å²) < 4.78 is 15.9. The summed E-state index contributed by atoms with van der Waals surface area (Å²) in [6.45, 7) is 3.82. The minimum absolute atomic E-state index is 0.155. The number of nitrogens with one attached hydrogen (secondary N) is 1. The Morgan fingerprint density at radius 1 is 0.958 bits per heavy atom. The molecule has 5 heteroatoms. The lowest BCUT2D eigenvalue weighted by Gasteiger charge is -2.18. The Hall–Kier alpha value is -2.69. The van der Waals surface area contributed by atoms with Gasteiger partial charge in [0.2, 0.25) is 0 Å². The molecule has 1 N–H and O–H groups in total. The Balaban J connectivity index is 2.21. The summed E-state index contributed by atoms with van der Waals surface area (Å²) >= 11 is 0. The van der Waals surface area contributed by atoms with Crippen LogP contribution in [0.4, 0.5) is 0 Å². The van der Waals surface area contributed by atoms with Gasteiger partial charge in [0.1, 0.15) is 17.2 Å². The van der Waals surface area contributed by atoms with Crippen LogP contribution in [0.5, 0.6) is 17.2 Å². The second kappa shape index (κ2) is 7.73. The zero-order valence-corrected chi connectivity index (χ0v) is 14.7. The molecule has 5 nitrogen and oxygen atoms in total. The Morgan fingerprint density at radius 2 is 1.62 bits per heavy atom. The summed E-state index contributed by atoms with van der Waals surface area (Å²) in [5, 5.41) is 2.99. The predicted molar refractivity (Wildman–Crippen MR) is 93.2 cm³/mol. The van der Waals surface area contributed by atoms with Crippen molar-refractivity contribution in [2.24, 2.45) is 0 Å². The van der Waals surface area contributed by atoms with E-state index in [9.17, 15) is 4.79 Å². The van der Waals surface area contributed by atoms with Crippen LogP contribution in [0.1, 0.15) is 34.5 Å². The molecule has 128 valence electrons. The summed E-state index contributed by atoms with van der Waals surface area (Å²) in [7, 11) is 4.82. The largest absolute Gasteiger partial charge is 0.497 e. The number of hydrogen-bond acceptors (Lipinski definition) is 4. The van der Waals surface area contributed by atoms with Crippen molar-refractivity contribution in [3.05, 3.63) is 53.1 Å². The SMILES string of the molecule is COc1ccc(OC)c(C(C)NC(=O)c2ccc(OC)c(C)c2)c1. The zero-order valence-electron chi connectivity index (χ0n) is 14.7. The smallest absolute Gasteiger partial charge is 0.251 e. The second-order valence-corrected chi connectivity index (χ2v) is 5.49. The topological polar surface area (TPSA) is 56.8 Å². The normalized spacial score (nSPS) is 11.5. The fraction of sp³-hybridized carbons (Fsp3) is 0.316. The highest BCUT2D eigenvalue weighted by Gasteiger charge is 2.16. The van der Waals surface area contributed by atoms with E-state index >= 15 is 0 Å². The summed E-state index contributed by atoms with van der Waals surface area (Å²) in [5.74, 6) is 2.02. The second-order valence-electron chi connectivity index (χ2n) is 5.49. The molecule has 0 aromatic heterocycles. The summed E-state index contributed by atoms with van der Waals surface area (Å²) in [6.07, 6.45) is 0. The van der Waals surface area contributed by atoms with Crippen LogP contribution in [0.3, 0.4) is 0 Å². The molecule has 0 spiro atoms. The lowest BCUT2D eigenvalue weighted by Crippen LogP contribution is -2.27. The number of carbonyl (C=O) groups excluding carboxylic acids is 1. The van der Waals surface area contributed by atoms with Crippen LogP contribution >= 0.6 is 0 Å². The van der Waals surface area contributed by atoms with E-state index in [1.165, 1.54) is 0 Å². The molecule has 1 unspecified atom stereocenters. The Bertz CT molecular complexity index is 727. The van der Waals surface area contributed by atoms with Crippen LogP contribution in [0.25, 0.3) is 0 Å². The van der Waals surface area contributed by atoms with Crippen molar-refractivity contribution in [2.75, 3.05) is 21.3 Å². The first-order chi connectivity index (χ1) is 11.5. The molecule has 0 aliphatic rings. The van der Waals surface area contributed by atoms with Crippen molar-refractivity contribution >= 4 is 5.91 Å². The number of carbonyl (C=O) groups is 1. The number of benzene rings is 2. The quantitative estimate of drug-likeness (QED) is 0.881. The number of hydrogen-bond donors (Lipinski definition) is 1. The molecule has 1 atom stereocenters. The maximum absolute atomic E-state index is 12.5. The van der Waals surface area contributed by atoms with Gasteiger partial charge in [-0.05, 0) is 55.8 Å². The number of ether oxygens (including phenoxy) is 3. The van der Waals surface area contributed by atoms with E-state index < -0.39 is 0 Å². The third-order valence-corrected chi connectivity index (χ3v) is 3.91. The number of methoxy groups -OCH3 is 3. The van der Waals surface area contributed by atoms with Crippen LogP contribution in [0.15, 0.2) is 36.4 Å². The fourth-order valence-electron chi connectivity index (χ4n) is 2.56. The van der Waals surface area contributed by atoms with Crippen LogP contribution in [-0.4, -0.2) is 27.2 Å². The van der Waals surface area contributed by atoms with Crippen molar-refractivity contribution in [2.45, 2.75) is 19.9 Å². The monoisotopic (exact) mass is 329 g/mol. The molecule has 1 amide bonds. The Morgan fingerprint density at radius 3 is 2.21 bits per heavy atom. The van der Waals surface area contributed by atoms with Crippen LogP contribution in [-0.2, 0) is 0 Å². The lowest BCUT2D eigenvalue weighted by atomic mass is 10.1. The first-order valence-corrected chi connectivity index (χ1v) is 7.67. The molecule has 0 fully saturated rings. The maximum Gasteiger partial charge on any atom is 0.251 e. The molecular weight excluding hydrogens is 306 g/mol. The molecule has 2 aromatic rings. The molecule has 0 bridgehead atoms. The van der Waals surface area contributed by atoms with E-state index in [1.54, 1.807) is 33.5 Å². The number of amides is 1. The third-order valence-electron chi connectivity index (χ3n) is 3.91. The molecule has 0 aliphatic heterocycles. The average Bonchev–Trinajstić information content (AvgIpc) is 2.60. The van der Waals surface area contributed by atoms with Crippen molar-refractivity contribution in [1.29, 1.82) is 0 Å². The van der Waals surface area contributed by atoms with Gasteiger partial charge in [-0.2, -0.15) is 0 Å². The first kappa shape index (κ1) is 17.7. The van der Waals surface area contributed by atoms with Gasteiger partial charge in [-0.3, -0.25) is 4.79 Å². The minimum atomic E-state index is -0.232. The number of aryl methyl sites for hydroxylation is 1. The molecule has 2 aromatic carbocycles. The molecule has 24 heavy (non-hydrogen) atoms. The molecule has 0 heterocycles. The van der Waals surface area contributed by atoms with Crippen LogP contribution < -0.4 is 19.5 Å². The average molecular weight is 329 g/mol. The van der Waals surface area contributed by atoms with Gasteiger partial charge < -0.3 is 19.5 Å². The highest BCUT2D eigenvalue weighted by Crippen LogP contribution is 2.29. The minimum Gasteiger partial charge on any atom is -0.497 e. The maximum atomic E-state index is 12.5. The molecule has 0 saturated carbocycles. The van der Waals surface area contributed by atoms with Crippen LogP contribution in [0.2, 0.25) is 0 Å². The molecule has 0 saturated heterocycles. The van der Waals surface area contributed by atoms with E-state index in [0.717, 1.165) is 16.9 Å². The van der Waals surface area contributed by atoms with Gasteiger partial charge >= 0.3 is 0 Å². The van der Waals surface area contributed by atoms with Gasteiger partial charge in [0.05, 0.1) is 27.4 Å². The summed E-state index contributed by atoms with van der Waals surface area (Å²) in [4.78, 5) is 12.5. The van der Waals surface area contributed by atoms with E-state index in [0.29, 0.717) is 17.1 Å². The molecule has 0 radical (unpaired) electrons. The van der Waals surface area contributed by atoms with Crippen molar-refractivity contribution in [3.8, 4) is 17.2 Å². The Labute approximate surface area is 142 Å². The van der Waals surface area contributed by atoms with E-state index in [2.05, 4.69) is 5.32 Å². The highest BCUT2D eigenvalue weighted by atomic mass is 16.5. The molecule has 2 rings (SSSR count). The fourth-order valence-corrected chi connectivity index (χ4v) is 2.56. The third kappa shape index (κ3) is 3.79. The summed E-state index contributed by atoms with van der Waals surface area (Å²) in [6, 6.07) is 10.6. The molecular formula is C19H23NO4. The van der Waals surface area contributed by atoms with Gasteiger partial charge in [0.25, 0.3) is 5.91 Å². The van der Waals surface area contributed by atoms with Gasteiger partial charge in [-0.15, -0.1) is 0 Å². The number of rotatable bonds is 6. The first-order valence-electron chi connectivity index (χ1n) is 7.67.